The van der Waals surface area contributed by atoms with Crippen molar-refractivity contribution in [3.05, 3.63) is 0 Å². The number of carbonyl (C=O) groups is 2. The molecule has 0 spiro atoms. The van der Waals surface area contributed by atoms with Gasteiger partial charge in [-0.15, -0.1) is 0 Å². The average Bonchev–Trinajstić information content (AvgIpc) is 2.24. The van der Waals surface area contributed by atoms with Gasteiger partial charge in [0.1, 0.15) is 5.54 Å². The van der Waals surface area contributed by atoms with E-state index >= 15 is 0 Å². The van der Waals surface area contributed by atoms with Crippen LogP contribution in [0.1, 0.15) is 53.9 Å². The molecule has 2 unspecified atom stereocenters. The molecule has 4 heteroatoms. The van der Waals surface area contributed by atoms with Crippen LogP contribution in [-0.4, -0.2) is 22.5 Å². The summed E-state index contributed by atoms with van der Waals surface area (Å²) in [5, 5.41) is 11.7. The molecule has 1 amide bonds. The summed E-state index contributed by atoms with van der Waals surface area (Å²) in [5.41, 5.74) is -1.15. The molecule has 0 aromatic rings. The first-order chi connectivity index (χ1) is 7.76. The Kier molecular flexibility index (Phi) is 6.21. The second-order valence-corrected chi connectivity index (χ2v) is 5.16. The lowest BCUT2D eigenvalue weighted by Crippen LogP contribution is -2.52. The van der Waals surface area contributed by atoms with Crippen LogP contribution in [0.25, 0.3) is 0 Å². The fraction of sp³-hybridized carbons (Fsp3) is 0.846. The zero-order valence-electron chi connectivity index (χ0n) is 11.5. The van der Waals surface area contributed by atoms with Crippen molar-refractivity contribution in [1.82, 2.24) is 5.32 Å². The number of hydrogen-bond donors (Lipinski definition) is 2. The maximum atomic E-state index is 11.8. The standard InChI is InChI=1S/C13H25NO3/c1-6-10(9(3)4)8-11(15)14-13(5,7-2)12(16)17/h9-10H,6-8H2,1-5H3,(H,14,15)(H,16,17). The fourth-order valence-corrected chi connectivity index (χ4v) is 1.74. The molecule has 0 radical (unpaired) electrons. The van der Waals surface area contributed by atoms with Gasteiger partial charge in [0.2, 0.25) is 5.91 Å². The van der Waals surface area contributed by atoms with Crippen LogP contribution in [0.2, 0.25) is 0 Å². The van der Waals surface area contributed by atoms with Gasteiger partial charge >= 0.3 is 5.97 Å². The quantitative estimate of drug-likeness (QED) is 0.721. The molecule has 4 nitrogen and oxygen atoms in total. The summed E-state index contributed by atoms with van der Waals surface area (Å²) in [4.78, 5) is 22.9. The van der Waals surface area contributed by atoms with Crippen LogP contribution in [0.4, 0.5) is 0 Å². The number of aliphatic carboxylic acids is 1. The van der Waals surface area contributed by atoms with Gasteiger partial charge in [-0.05, 0) is 25.2 Å². The van der Waals surface area contributed by atoms with E-state index in [1.165, 1.54) is 0 Å². The second-order valence-electron chi connectivity index (χ2n) is 5.16. The zero-order chi connectivity index (χ0) is 13.6. The molecule has 100 valence electrons. The van der Waals surface area contributed by atoms with Crippen LogP contribution in [0.5, 0.6) is 0 Å². The topological polar surface area (TPSA) is 66.4 Å². The van der Waals surface area contributed by atoms with Crippen LogP contribution in [0.3, 0.4) is 0 Å². The molecule has 0 heterocycles. The molecule has 0 aromatic heterocycles. The van der Waals surface area contributed by atoms with E-state index in [0.717, 1.165) is 6.42 Å². The lowest BCUT2D eigenvalue weighted by atomic mass is 9.89. The number of amides is 1. The normalized spacial score (nSPS) is 16.4. The van der Waals surface area contributed by atoms with Crippen molar-refractivity contribution >= 4 is 11.9 Å². The van der Waals surface area contributed by atoms with Crippen LogP contribution in [-0.2, 0) is 9.59 Å². The van der Waals surface area contributed by atoms with Gasteiger partial charge < -0.3 is 10.4 Å². The summed E-state index contributed by atoms with van der Waals surface area (Å²) in [6.45, 7) is 9.52. The Labute approximate surface area is 104 Å². The third-order valence-electron chi connectivity index (χ3n) is 3.51. The Balaban J connectivity index is 4.49. The van der Waals surface area contributed by atoms with Crippen LogP contribution in [0, 0.1) is 11.8 Å². The van der Waals surface area contributed by atoms with E-state index in [1.807, 2.05) is 6.92 Å². The Morgan fingerprint density at radius 3 is 2.12 bits per heavy atom. The first kappa shape index (κ1) is 15.9. The SMILES string of the molecule is CCC(CC(=O)NC(C)(CC)C(=O)O)C(C)C. The van der Waals surface area contributed by atoms with E-state index in [0.29, 0.717) is 24.7 Å². The van der Waals surface area contributed by atoms with Crippen LogP contribution in [0.15, 0.2) is 0 Å². The minimum absolute atomic E-state index is 0.169. The van der Waals surface area contributed by atoms with Gasteiger partial charge in [0, 0.05) is 6.42 Å². The van der Waals surface area contributed by atoms with E-state index in [4.69, 9.17) is 5.11 Å². The minimum atomic E-state index is -1.15. The summed E-state index contributed by atoms with van der Waals surface area (Å²) < 4.78 is 0. The third-order valence-corrected chi connectivity index (χ3v) is 3.51. The van der Waals surface area contributed by atoms with Gasteiger partial charge in [-0.2, -0.15) is 0 Å². The highest BCUT2D eigenvalue weighted by atomic mass is 16.4. The van der Waals surface area contributed by atoms with E-state index < -0.39 is 11.5 Å². The summed E-state index contributed by atoms with van der Waals surface area (Å²) in [6.07, 6.45) is 1.71. The predicted molar refractivity (Wildman–Crippen MR) is 67.7 cm³/mol. The van der Waals surface area contributed by atoms with E-state index in [2.05, 4.69) is 19.2 Å². The summed E-state index contributed by atoms with van der Waals surface area (Å²) in [6, 6.07) is 0. The van der Waals surface area contributed by atoms with Crippen molar-refractivity contribution in [2.24, 2.45) is 11.8 Å². The molecule has 0 aliphatic rings. The number of nitrogens with one attached hydrogen (secondary N) is 1. The number of carboxylic acids is 1. The molecule has 0 aliphatic heterocycles. The Morgan fingerprint density at radius 1 is 1.29 bits per heavy atom. The third kappa shape index (κ3) is 4.75. The minimum Gasteiger partial charge on any atom is -0.480 e. The largest absolute Gasteiger partial charge is 0.480 e. The molecule has 0 fully saturated rings. The van der Waals surface area contributed by atoms with Gasteiger partial charge in [-0.3, -0.25) is 4.79 Å². The van der Waals surface area contributed by atoms with Gasteiger partial charge in [-0.25, -0.2) is 4.79 Å². The lowest BCUT2D eigenvalue weighted by Gasteiger charge is -2.26. The van der Waals surface area contributed by atoms with Gasteiger partial charge in [0.05, 0.1) is 0 Å². The van der Waals surface area contributed by atoms with Crippen LogP contribution >= 0.6 is 0 Å². The monoisotopic (exact) mass is 243 g/mol. The van der Waals surface area contributed by atoms with Crippen molar-refractivity contribution < 1.29 is 14.7 Å². The molecule has 0 rings (SSSR count). The number of hydrogen-bond acceptors (Lipinski definition) is 2. The Hall–Kier alpha value is -1.06. The highest BCUT2D eigenvalue weighted by molar-refractivity contribution is 5.86. The number of carboxylic acid groups (broad SMARTS) is 1. The number of rotatable bonds is 7. The highest BCUT2D eigenvalue weighted by Crippen LogP contribution is 2.19. The maximum Gasteiger partial charge on any atom is 0.329 e. The van der Waals surface area contributed by atoms with Gasteiger partial charge in [-0.1, -0.05) is 34.1 Å². The Morgan fingerprint density at radius 2 is 1.82 bits per heavy atom. The van der Waals surface area contributed by atoms with Crippen molar-refractivity contribution in [3.63, 3.8) is 0 Å². The maximum absolute atomic E-state index is 11.8. The van der Waals surface area contributed by atoms with Crippen LogP contribution < -0.4 is 5.32 Å². The fourth-order valence-electron chi connectivity index (χ4n) is 1.74. The van der Waals surface area contributed by atoms with Crippen molar-refractivity contribution in [2.45, 2.75) is 59.4 Å². The van der Waals surface area contributed by atoms with Crippen molar-refractivity contribution in [1.29, 1.82) is 0 Å². The predicted octanol–water partition coefficient (Wildman–Crippen LogP) is 2.43. The molecule has 2 N–H and O–H groups in total. The van der Waals surface area contributed by atoms with Gasteiger partial charge in [0.15, 0.2) is 0 Å². The summed E-state index contributed by atoms with van der Waals surface area (Å²) in [5.74, 6) is -0.406. The molecule has 0 aromatic carbocycles. The summed E-state index contributed by atoms with van der Waals surface area (Å²) >= 11 is 0. The molecule has 0 aliphatic carbocycles. The van der Waals surface area contributed by atoms with E-state index in [-0.39, 0.29) is 5.91 Å². The molecular formula is C13H25NO3. The first-order valence-electron chi connectivity index (χ1n) is 6.31. The molecule has 0 bridgehead atoms. The highest BCUT2D eigenvalue weighted by Gasteiger charge is 2.33. The molecular weight excluding hydrogens is 218 g/mol. The van der Waals surface area contributed by atoms with E-state index in [1.54, 1.807) is 13.8 Å². The number of carbonyl (C=O) groups excluding carboxylic acids is 1. The smallest absolute Gasteiger partial charge is 0.329 e. The van der Waals surface area contributed by atoms with Crippen molar-refractivity contribution in [2.75, 3.05) is 0 Å². The van der Waals surface area contributed by atoms with Crippen molar-refractivity contribution in [3.8, 4) is 0 Å². The zero-order valence-corrected chi connectivity index (χ0v) is 11.5. The lowest BCUT2D eigenvalue weighted by molar-refractivity contribution is -0.147. The second kappa shape index (κ2) is 6.62. The van der Waals surface area contributed by atoms with E-state index in [9.17, 15) is 9.59 Å². The summed E-state index contributed by atoms with van der Waals surface area (Å²) in [7, 11) is 0. The average molecular weight is 243 g/mol. The van der Waals surface area contributed by atoms with Gasteiger partial charge in [0.25, 0.3) is 0 Å². The Bertz CT molecular complexity index is 276. The molecule has 2 atom stereocenters. The molecule has 0 saturated heterocycles. The molecule has 0 saturated carbocycles. The molecule has 17 heavy (non-hydrogen) atoms. The first-order valence-corrected chi connectivity index (χ1v) is 6.31.